The van der Waals surface area contributed by atoms with Crippen molar-refractivity contribution in [2.75, 3.05) is 6.61 Å². The first-order chi connectivity index (χ1) is 12.8. The van der Waals surface area contributed by atoms with Crippen molar-refractivity contribution in [1.29, 1.82) is 0 Å². The Morgan fingerprint density at radius 1 is 1.30 bits per heavy atom. The van der Waals surface area contributed by atoms with Gasteiger partial charge in [0, 0.05) is 23.3 Å². The summed E-state index contributed by atoms with van der Waals surface area (Å²) in [4.78, 5) is 34.1. The minimum absolute atomic E-state index is 0.104. The average molecular weight is 395 g/mol. The molecule has 0 aliphatic rings. The van der Waals surface area contributed by atoms with E-state index in [0.717, 1.165) is 11.6 Å². The van der Waals surface area contributed by atoms with Crippen molar-refractivity contribution in [3.8, 4) is 21.8 Å². The molecule has 0 saturated heterocycles. The fourth-order valence-corrected chi connectivity index (χ4v) is 3.16. The summed E-state index contributed by atoms with van der Waals surface area (Å²) in [5.74, 6) is -1.17. The number of carbonyl (C=O) groups excluding carboxylic acids is 1. The van der Waals surface area contributed by atoms with Crippen LogP contribution in [-0.2, 0) is 10.9 Å². The Bertz CT molecular complexity index is 1030. The van der Waals surface area contributed by atoms with E-state index >= 15 is 0 Å². The highest BCUT2D eigenvalue weighted by molar-refractivity contribution is 7.13. The van der Waals surface area contributed by atoms with Crippen LogP contribution in [0.2, 0.25) is 0 Å². The summed E-state index contributed by atoms with van der Waals surface area (Å²) in [5.41, 5.74) is -2.45. The molecule has 0 aliphatic heterocycles. The van der Waals surface area contributed by atoms with Crippen LogP contribution in [0.25, 0.3) is 21.8 Å². The summed E-state index contributed by atoms with van der Waals surface area (Å²) in [7, 11) is 0. The molecule has 0 unspecified atom stereocenters. The SMILES string of the molecule is CCOC(=O)c1cc(-c2csc(-c3ccncc3)n2)c(=O)[nH]c1C(F)(F)F. The second kappa shape index (κ2) is 7.31. The van der Waals surface area contributed by atoms with Gasteiger partial charge in [0.1, 0.15) is 10.7 Å². The molecule has 0 saturated carbocycles. The number of nitrogens with one attached hydrogen (secondary N) is 1. The number of rotatable bonds is 4. The second-order valence-corrected chi connectivity index (χ2v) is 6.15. The van der Waals surface area contributed by atoms with Crippen LogP contribution in [0.15, 0.2) is 40.8 Å². The van der Waals surface area contributed by atoms with E-state index in [-0.39, 0.29) is 17.9 Å². The zero-order chi connectivity index (χ0) is 19.6. The standard InChI is InChI=1S/C17H12F3N3O3S/c1-2-26-16(25)11-7-10(14(24)23-13(11)17(18,19)20)12-8-27-15(22-12)9-3-5-21-6-4-9/h3-8H,2H2,1H3,(H,23,24). The van der Waals surface area contributed by atoms with Crippen molar-refractivity contribution < 1.29 is 22.7 Å². The van der Waals surface area contributed by atoms with E-state index in [1.54, 1.807) is 29.5 Å². The molecule has 140 valence electrons. The Morgan fingerprint density at radius 2 is 2.00 bits per heavy atom. The first kappa shape index (κ1) is 18.8. The third kappa shape index (κ3) is 3.90. The number of hydrogen-bond acceptors (Lipinski definition) is 6. The summed E-state index contributed by atoms with van der Waals surface area (Å²) in [6.07, 6.45) is -1.77. The zero-order valence-corrected chi connectivity index (χ0v) is 14.6. The zero-order valence-electron chi connectivity index (χ0n) is 13.8. The number of hydrogen-bond donors (Lipinski definition) is 1. The quantitative estimate of drug-likeness (QED) is 0.680. The van der Waals surface area contributed by atoms with Crippen LogP contribution in [0.5, 0.6) is 0 Å². The van der Waals surface area contributed by atoms with Gasteiger partial charge >= 0.3 is 12.1 Å². The van der Waals surface area contributed by atoms with Gasteiger partial charge in [-0.25, -0.2) is 9.78 Å². The average Bonchev–Trinajstić information content (AvgIpc) is 3.11. The number of ether oxygens (including phenoxy) is 1. The molecule has 0 fully saturated rings. The Labute approximate surface area is 154 Å². The molecule has 27 heavy (non-hydrogen) atoms. The number of alkyl halides is 3. The normalized spacial score (nSPS) is 11.4. The highest BCUT2D eigenvalue weighted by Crippen LogP contribution is 2.32. The number of thiazole rings is 1. The maximum Gasteiger partial charge on any atom is 0.432 e. The molecular weight excluding hydrogens is 383 g/mol. The van der Waals surface area contributed by atoms with Crippen molar-refractivity contribution in [1.82, 2.24) is 15.0 Å². The molecule has 0 aromatic carbocycles. The van der Waals surface area contributed by atoms with Gasteiger partial charge in [-0.2, -0.15) is 13.2 Å². The molecule has 0 aliphatic carbocycles. The number of pyridine rings is 2. The molecule has 0 radical (unpaired) electrons. The van der Waals surface area contributed by atoms with Crippen molar-refractivity contribution in [3.05, 3.63) is 57.6 Å². The fraction of sp³-hybridized carbons (Fsp3) is 0.176. The molecule has 0 spiro atoms. The molecular formula is C17H12F3N3O3S. The van der Waals surface area contributed by atoms with Crippen LogP contribution in [0.1, 0.15) is 23.0 Å². The number of aromatic nitrogens is 3. The van der Waals surface area contributed by atoms with Crippen LogP contribution in [0.4, 0.5) is 13.2 Å². The van der Waals surface area contributed by atoms with Gasteiger partial charge in [0.15, 0.2) is 0 Å². The summed E-state index contributed by atoms with van der Waals surface area (Å²) in [6, 6.07) is 4.29. The lowest BCUT2D eigenvalue weighted by Gasteiger charge is -2.12. The van der Waals surface area contributed by atoms with E-state index in [1.807, 2.05) is 0 Å². The number of esters is 1. The first-order valence-electron chi connectivity index (χ1n) is 7.69. The summed E-state index contributed by atoms with van der Waals surface area (Å²) < 4.78 is 44.3. The van der Waals surface area contributed by atoms with Crippen LogP contribution in [0, 0.1) is 0 Å². The van der Waals surface area contributed by atoms with E-state index < -0.39 is 29.0 Å². The molecule has 3 rings (SSSR count). The van der Waals surface area contributed by atoms with Gasteiger partial charge in [-0.05, 0) is 25.1 Å². The van der Waals surface area contributed by atoms with E-state index in [9.17, 15) is 22.8 Å². The molecule has 3 aromatic heterocycles. The molecule has 0 amide bonds. The molecule has 3 heterocycles. The van der Waals surface area contributed by atoms with E-state index in [2.05, 4.69) is 14.7 Å². The van der Waals surface area contributed by atoms with Gasteiger partial charge in [0.2, 0.25) is 0 Å². The topological polar surface area (TPSA) is 84.9 Å². The predicted molar refractivity (Wildman–Crippen MR) is 92.4 cm³/mol. The fourth-order valence-electron chi connectivity index (χ4n) is 2.34. The lowest BCUT2D eigenvalue weighted by Crippen LogP contribution is -2.23. The maximum atomic E-state index is 13.2. The minimum atomic E-state index is -4.91. The summed E-state index contributed by atoms with van der Waals surface area (Å²) in [5, 5.41) is 2.09. The Morgan fingerprint density at radius 3 is 2.63 bits per heavy atom. The third-order valence-corrected chi connectivity index (χ3v) is 4.42. The predicted octanol–water partition coefficient (Wildman–Crippen LogP) is 3.76. The van der Waals surface area contributed by atoms with Crippen molar-refractivity contribution in [2.24, 2.45) is 0 Å². The monoisotopic (exact) mass is 395 g/mol. The van der Waals surface area contributed by atoms with Crippen molar-refractivity contribution >= 4 is 17.3 Å². The number of nitrogens with zero attached hydrogens (tertiary/aromatic N) is 2. The molecule has 0 atom stereocenters. The highest BCUT2D eigenvalue weighted by atomic mass is 32.1. The molecule has 0 bridgehead atoms. The van der Waals surface area contributed by atoms with Gasteiger partial charge < -0.3 is 9.72 Å². The van der Waals surface area contributed by atoms with Gasteiger partial charge in [-0.15, -0.1) is 11.3 Å². The largest absolute Gasteiger partial charge is 0.462 e. The third-order valence-electron chi connectivity index (χ3n) is 3.53. The second-order valence-electron chi connectivity index (χ2n) is 5.29. The van der Waals surface area contributed by atoms with Crippen LogP contribution < -0.4 is 5.56 Å². The Hall–Kier alpha value is -3.01. The van der Waals surface area contributed by atoms with E-state index in [1.165, 1.54) is 23.6 Å². The van der Waals surface area contributed by atoms with Crippen LogP contribution in [-0.4, -0.2) is 27.5 Å². The number of halogens is 3. The van der Waals surface area contributed by atoms with E-state index in [0.29, 0.717) is 5.01 Å². The van der Waals surface area contributed by atoms with Crippen LogP contribution in [0.3, 0.4) is 0 Å². The van der Waals surface area contributed by atoms with Crippen molar-refractivity contribution in [2.45, 2.75) is 13.1 Å². The summed E-state index contributed by atoms with van der Waals surface area (Å²) in [6.45, 7) is 1.37. The minimum Gasteiger partial charge on any atom is -0.462 e. The van der Waals surface area contributed by atoms with Crippen LogP contribution >= 0.6 is 11.3 Å². The first-order valence-corrected chi connectivity index (χ1v) is 8.57. The molecule has 1 N–H and O–H groups in total. The Balaban J connectivity index is 2.11. The van der Waals surface area contributed by atoms with Crippen molar-refractivity contribution in [3.63, 3.8) is 0 Å². The smallest absolute Gasteiger partial charge is 0.432 e. The number of carbonyl (C=O) groups is 1. The van der Waals surface area contributed by atoms with Gasteiger partial charge in [0.25, 0.3) is 5.56 Å². The highest BCUT2D eigenvalue weighted by Gasteiger charge is 2.38. The van der Waals surface area contributed by atoms with Gasteiger partial charge in [-0.1, -0.05) is 0 Å². The van der Waals surface area contributed by atoms with E-state index in [4.69, 9.17) is 0 Å². The van der Waals surface area contributed by atoms with Gasteiger partial charge in [-0.3, -0.25) is 9.78 Å². The number of H-pyrrole nitrogens is 1. The molecule has 10 heteroatoms. The number of aromatic amines is 1. The molecule has 3 aromatic rings. The summed E-state index contributed by atoms with van der Waals surface area (Å²) >= 11 is 1.21. The van der Waals surface area contributed by atoms with Gasteiger partial charge in [0.05, 0.1) is 23.4 Å². The lowest BCUT2D eigenvalue weighted by molar-refractivity contribution is -0.141. The lowest BCUT2D eigenvalue weighted by atomic mass is 10.1. The Kier molecular flexibility index (Phi) is 5.08. The molecule has 6 nitrogen and oxygen atoms in total. The maximum absolute atomic E-state index is 13.2.